The number of carbonyl (C=O) groups is 1. The van der Waals surface area contributed by atoms with Gasteiger partial charge < -0.3 is 9.64 Å². The molecule has 0 spiro atoms. The van der Waals surface area contributed by atoms with Gasteiger partial charge >= 0.3 is 0 Å². The number of ether oxygens (including phenoxy) is 1. The number of rotatable bonds is 6. The molecule has 1 amide bonds. The number of hydrogen-bond donors (Lipinski definition) is 1. The minimum Gasteiger partial charge on any atom is -0.490 e. The summed E-state index contributed by atoms with van der Waals surface area (Å²) < 4.78 is 47.1. The lowest BCUT2D eigenvalue weighted by atomic mass is 9.93. The average Bonchev–Trinajstić information content (AvgIpc) is 2.74. The first-order valence-corrected chi connectivity index (χ1v) is 10.7. The quantitative estimate of drug-likeness (QED) is 0.726. The van der Waals surface area contributed by atoms with Crippen LogP contribution < -0.4 is 14.4 Å². The Labute approximate surface area is 170 Å². The Morgan fingerprint density at radius 1 is 1.28 bits per heavy atom. The highest BCUT2D eigenvalue weighted by atomic mass is 32.2. The maximum Gasteiger partial charge on any atom is 0.237 e. The van der Waals surface area contributed by atoms with Crippen LogP contribution in [0, 0.1) is 11.2 Å². The van der Waals surface area contributed by atoms with Gasteiger partial charge in [-0.25, -0.2) is 12.8 Å². The van der Waals surface area contributed by atoms with Crippen molar-refractivity contribution in [3.05, 3.63) is 66.5 Å². The number of anilines is 2. The molecule has 0 radical (unpaired) electrons. The zero-order chi connectivity index (χ0) is 21.2. The highest BCUT2D eigenvalue weighted by Gasteiger charge is 2.37. The topological polar surface area (TPSA) is 75.7 Å². The monoisotopic (exact) mass is 418 g/mol. The van der Waals surface area contributed by atoms with E-state index in [9.17, 15) is 17.6 Å². The van der Waals surface area contributed by atoms with Gasteiger partial charge in [0.2, 0.25) is 15.9 Å². The zero-order valence-electron chi connectivity index (χ0n) is 16.3. The second kappa shape index (κ2) is 7.87. The van der Waals surface area contributed by atoms with Crippen molar-refractivity contribution in [2.75, 3.05) is 22.8 Å². The molecule has 154 valence electrons. The Morgan fingerprint density at radius 2 is 2.00 bits per heavy atom. The minimum absolute atomic E-state index is 0.0725. The van der Waals surface area contributed by atoms with Crippen molar-refractivity contribution in [3.8, 4) is 5.75 Å². The van der Waals surface area contributed by atoms with Crippen LogP contribution in [0.15, 0.2) is 55.1 Å². The van der Waals surface area contributed by atoms with Gasteiger partial charge in [-0.15, -0.1) is 6.58 Å². The van der Waals surface area contributed by atoms with E-state index in [0.717, 1.165) is 0 Å². The fraction of sp³-hybridized carbons (Fsp3) is 0.286. The summed E-state index contributed by atoms with van der Waals surface area (Å²) in [5, 5.41) is 0. The first-order chi connectivity index (χ1) is 13.6. The molecule has 0 aliphatic carbocycles. The van der Waals surface area contributed by atoms with Crippen molar-refractivity contribution in [3.63, 3.8) is 0 Å². The number of carbonyl (C=O) groups excluding carboxylic acids is 1. The number of halogens is 1. The second-order valence-corrected chi connectivity index (χ2v) is 9.23. The van der Waals surface area contributed by atoms with Crippen LogP contribution in [0.2, 0.25) is 0 Å². The Bertz CT molecular complexity index is 1050. The van der Waals surface area contributed by atoms with Gasteiger partial charge in [-0.1, -0.05) is 24.3 Å². The van der Waals surface area contributed by atoms with Crippen LogP contribution in [-0.2, 0) is 20.6 Å². The van der Waals surface area contributed by atoms with Gasteiger partial charge in [0.25, 0.3) is 0 Å². The Balaban J connectivity index is 1.92. The smallest absolute Gasteiger partial charge is 0.237 e. The number of sulfonamides is 1. The molecule has 1 N–H and O–H groups in total. The minimum atomic E-state index is -3.87. The lowest BCUT2D eigenvalue weighted by molar-refractivity contribution is -0.127. The van der Waals surface area contributed by atoms with Crippen LogP contribution in [-0.4, -0.2) is 27.5 Å². The van der Waals surface area contributed by atoms with Gasteiger partial charge in [0, 0.05) is 12.1 Å². The maximum absolute atomic E-state index is 13.8. The van der Waals surface area contributed by atoms with Crippen molar-refractivity contribution in [1.82, 2.24) is 0 Å². The van der Waals surface area contributed by atoms with Gasteiger partial charge in [0.05, 0.1) is 22.5 Å². The first-order valence-electron chi connectivity index (χ1n) is 9.06. The van der Waals surface area contributed by atoms with Gasteiger partial charge in [0.15, 0.2) is 0 Å². The van der Waals surface area contributed by atoms with Crippen molar-refractivity contribution in [2.45, 2.75) is 19.6 Å². The van der Waals surface area contributed by atoms with E-state index in [0.29, 0.717) is 11.4 Å². The fourth-order valence-electron chi connectivity index (χ4n) is 3.05. The Morgan fingerprint density at radius 3 is 2.69 bits per heavy atom. The molecule has 1 aliphatic heterocycles. The summed E-state index contributed by atoms with van der Waals surface area (Å²) in [6, 6.07) is 10.4. The molecular weight excluding hydrogens is 395 g/mol. The summed E-state index contributed by atoms with van der Waals surface area (Å²) >= 11 is 0. The molecule has 2 aromatic rings. The molecule has 0 saturated carbocycles. The van der Waals surface area contributed by atoms with Gasteiger partial charge in [0.1, 0.15) is 18.2 Å². The van der Waals surface area contributed by atoms with E-state index in [2.05, 4.69) is 11.3 Å². The number of hydrogen-bond acceptors (Lipinski definition) is 4. The third kappa shape index (κ3) is 4.59. The lowest BCUT2D eigenvalue weighted by Gasteiger charge is -2.27. The van der Waals surface area contributed by atoms with E-state index >= 15 is 0 Å². The average molecular weight is 418 g/mol. The van der Waals surface area contributed by atoms with Gasteiger partial charge in [-0.2, -0.15) is 0 Å². The summed E-state index contributed by atoms with van der Waals surface area (Å²) in [6.45, 7) is 7.72. The molecule has 0 saturated heterocycles. The van der Waals surface area contributed by atoms with E-state index in [1.54, 1.807) is 38.1 Å². The molecular formula is C21H23FN2O4S. The number of benzene rings is 2. The largest absolute Gasteiger partial charge is 0.490 e. The zero-order valence-corrected chi connectivity index (χ0v) is 17.1. The molecule has 0 bridgehead atoms. The number of nitrogens with one attached hydrogen (secondary N) is 1. The van der Waals surface area contributed by atoms with E-state index in [1.807, 2.05) is 0 Å². The van der Waals surface area contributed by atoms with E-state index in [4.69, 9.17) is 4.74 Å². The summed E-state index contributed by atoms with van der Waals surface area (Å²) in [6.07, 6.45) is 1.60. The Hall–Kier alpha value is -2.87. The van der Waals surface area contributed by atoms with Crippen LogP contribution in [0.3, 0.4) is 0 Å². The van der Waals surface area contributed by atoms with Crippen LogP contribution >= 0.6 is 0 Å². The van der Waals surface area contributed by atoms with E-state index in [1.165, 1.54) is 29.2 Å². The summed E-state index contributed by atoms with van der Waals surface area (Å²) in [5.74, 6) is -0.765. The predicted molar refractivity (Wildman–Crippen MR) is 111 cm³/mol. The highest BCUT2D eigenvalue weighted by molar-refractivity contribution is 7.91. The maximum atomic E-state index is 13.8. The predicted octanol–water partition coefficient (Wildman–Crippen LogP) is 3.71. The SMILES string of the molecule is C=CCN1C(=O)C(C)(C)COc2ccc(NS(=O)(=O)Cc3ccccc3F)cc21. The van der Waals surface area contributed by atoms with Crippen molar-refractivity contribution < 1.29 is 22.3 Å². The molecule has 29 heavy (non-hydrogen) atoms. The highest BCUT2D eigenvalue weighted by Crippen LogP contribution is 2.38. The van der Waals surface area contributed by atoms with Gasteiger partial charge in [-0.3, -0.25) is 9.52 Å². The fourth-order valence-corrected chi connectivity index (χ4v) is 4.26. The molecule has 0 unspecified atom stereocenters. The van der Waals surface area contributed by atoms with Crippen LogP contribution in [0.5, 0.6) is 5.75 Å². The molecule has 0 aromatic heterocycles. The lowest BCUT2D eigenvalue weighted by Crippen LogP contribution is -2.42. The standard InChI is InChI=1S/C21H23FN2O4S/c1-4-11-24-18-12-16(9-10-19(18)28-14-21(2,3)20(24)25)23-29(26,27)13-15-7-5-6-8-17(15)22/h4-10,12,23H,1,11,13-14H2,2-3H3. The molecule has 1 aliphatic rings. The summed E-state index contributed by atoms with van der Waals surface area (Å²) in [5.41, 5.74) is 0.0344. The molecule has 1 heterocycles. The molecule has 6 nitrogen and oxygen atoms in total. The molecule has 2 aromatic carbocycles. The van der Waals surface area contributed by atoms with Crippen molar-refractivity contribution in [2.24, 2.45) is 5.41 Å². The normalized spacial score (nSPS) is 15.8. The number of fused-ring (bicyclic) bond motifs is 1. The molecule has 3 rings (SSSR count). The van der Waals surface area contributed by atoms with Gasteiger partial charge in [-0.05, 0) is 38.1 Å². The van der Waals surface area contributed by atoms with E-state index < -0.39 is 27.0 Å². The Kier molecular flexibility index (Phi) is 5.66. The third-order valence-electron chi connectivity index (χ3n) is 4.55. The molecule has 8 heteroatoms. The number of nitrogens with zero attached hydrogens (tertiary/aromatic N) is 1. The van der Waals surface area contributed by atoms with Crippen molar-refractivity contribution >= 4 is 27.3 Å². The molecule has 0 atom stereocenters. The van der Waals surface area contributed by atoms with Crippen molar-refractivity contribution in [1.29, 1.82) is 0 Å². The number of amides is 1. The van der Waals surface area contributed by atoms with Crippen LogP contribution in [0.4, 0.5) is 15.8 Å². The summed E-state index contributed by atoms with van der Waals surface area (Å²) in [7, 11) is -3.87. The van der Waals surface area contributed by atoms with Crippen LogP contribution in [0.25, 0.3) is 0 Å². The molecule has 0 fully saturated rings. The second-order valence-electron chi connectivity index (χ2n) is 7.51. The first kappa shape index (κ1) is 20.9. The third-order valence-corrected chi connectivity index (χ3v) is 5.79. The van der Waals surface area contributed by atoms with Crippen LogP contribution in [0.1, 0.15) is 19.4 Å². The summed E-state index contributed by atoms with van der Waals surface area (Å²) in [4.78, 5) is 14.4. The van der Waals surface area contributed by atoms with E-state index in [-0.39, 0.29) is 30.3 Å².